The van der Waals surface area contributed by atoms with Gasteiger partial charge in [0.2, 0.25) is 5.70 Å². The van der Waals surface area contributed by atoms with Crippen molar-refractivity contribution in [3.8, 4) is 0 Å². The second-order valence-corrected chi connectivity index (χ2v) is 7.35. The normalized spacial score (nSPS) is 11.6. The van der Waals surface area contributed by atoms with Crippen LogP contribution in [0, 0.1) is 10.1 Å². The summed E-state index contributed by atoms with van der Waals surface area (Å²) in [7, 11) is 0. The summed E-state index contributed by atoms with van der Waals surface area (Å²) < 4.78 is 5.13. The number of ether oxygens (including phenoxy) is 1. The van der Waals surface area contributed by atoms with Gasteiger partial charge in [0.25, 0.3) is 0 Å². The number of carbonyl (C=O) groups excluding carboxylic acids is 1. The van der Waals surface area contributed by atoms with Gasteiger partial charge in [-0.2, -0.15) is 0 Å². The predicted octanol–water partition coefficient (Wildman–Crippen LogP) is 6.97. The van der Waals surface area contributed by atoms with Crippen LogP contribution in [0.3, 0.4) is 0 Å². The topological polar surface area (TPSA) is 69.4 Å². The van der Waals surface area contributed by atoms with E-state index in [2.05, 4.69) is 13.8 Å². The second-order valence-electron chi connectivity index (χ2n) is 7.35. The zero-order chi connectivity index (χ0) is 20.2. The van der Waals surface area contributed by atoms with E-state index in [1.807, 2.05) is 6.08 Å². The zero-order valence-corrected chi connectivity index (χ0v) is 17.7. The van der Waals surface area contributed by atoms with Crippen LogP contribution in [0.15, 0.2) is 11.8 Å². The summed E-state index contributed by atoms with van der Waals surface area (Å²) in [4.78, 5) is 22.4. The molecule has 0 unspecified atom stereocenters. The number of hydrogen-bond donors (Lipinski definition) is 0. The first-order valence-corrected chi connectivity index (χ1v) is 11.1. The van der Waals surface area contributed by atoms with Crippen molar-refractivity contribution in [2.75, 3.05) is 6.61 Å². The molecule has 0 aliphatic carbocycles. The molecule has 0 rings (SSSR count). The van der Waals surface area contributed by atoms with Crippen molar-refractivity contribution in [1.29, 1.82) is 0 Å². The Bertz CT molecular complexity index is 407. The average Bonchev–Trinajstić information content (AvgIpc) is 2.64. The van der Waals surface area contributed by atoms with Crippen molar-refractivity contribution in [2.24, 2.45) is 0 Å². The number of carbonyl (C=O) groups is 1. The summed E-state index contributed by atoms with van der Waals surface area (Å²) in [5, 5.41) is 11.1. The molecule has 0 atom stereocenters. The average molecular weight is 384 g/mol. The van der Waals surface area contributed by atoms with Crippen molar-refractivity contribution in [2.45, 2.75) is 117 Å². The summed E-state index contributed by atoms with van der Waals surface area (Å²) in [6.45, 7) is 4.81. The molecule has 0 heterocycles. The lowest BCUT2D eigenvalue weighted by atomic mass is 10.1. The SMILES string of the molecule is CCCCCCCC/C(=C\CCCCCCCC(=O)OCCCC)[N+](=O)[O-]. The van der Waals surface area contributed by atoms with Gasteiger partial charge < -0.3 is 4.74 Å². The number of nitrogens with zero attached hydrogens (tertiary/aromatic N) is 1. The molecule has 0 aromatic heterocycles. The van der Waals surface area contributed by atoms with E-state index >= 15 is 0 Å². The van der Waals surface area contributed by atoms with E-state index < -0.39 is 0 Å². The van der Waals surface area contributed by atoms with Gasteiger partial charge in [0.15, 0.2) is 0 Å². The maximum Gasteiger partial charge on any atom is 0.305 e. The lowest BCUT2D eigenvalue weighted by molar-refractivity contribution is -0.428. The number of unbranched alkanes of at least 4 members (excludes halogenated alkanes) is 11. The Morgan fingerprint density at radius 2 is 1.37 bits per heavy atom. The Morgan fingerprint density at radius 3 is 2.00 bits per heavy atom. The summed E-state index contributed by atoms with van der Waals surface area (Å²) in [5.41, 5.74) is 0.389. The fourth-order valence-electron chi connectivity index (χ4n) is 2.97. The van der Waals surface area contributed by atoms with E-state index in [4.69, 9.17) is 4.74 Å². The Labute approximate surface area is 166 Å². The van der Waals surface area contributed by atoms with Crippen LogP contribution in [0.25, 0.3) is 0 Å². The van der Waals surface area contributed by atoms with E-state index in [-0.39, 0.29) is 10.9 Å². The van der Waals surface area contributed by atoms with Gasteiger partial charge in [0.1, 0.15) is 0 Å². The number of nitro groups is 1. The fourth-order valence-corrected chi connectivity index (χ4v) is 2.97. The lowest BCUT2D eigenvalue weighted by Gasteiger charge is -2.04. The first-order chi connectivity index (χ1) is 13.1. The lowest BCUT2D eigenvalue weighted by Crippen LogP contribution is -2.05. The minimum absolute atomic E-state index is 0.0864. The Hall–Kier alpha value is -1.39. The van der Waals surface area contributed by atoms with Crippen molar-refractivity contribution in [3.63, 3.8) is 0 Å². The third-order valence-corrected chi connectivity index (χ3v) is 4.75. The van der Waals surface area contributed by atoms with Crippen LogP contribution in [-0.2, 0) is 9.53 Å². The molecule has 0 aromatic carbocycles. The molecule has 27 heavy (non-hydrogen) atoms. The van der Waals surface area contributed by atoms with Gasteiger partial charge >= 0.3 is 5.97 Å². The minimum atomic E-state index is -0.212. The highest BCUT2D eigenvalue weighted by Crippen LogP contribution is 2.15. The first-order valence-electron chi connectivity index (χ1n) is 11.1. The molecule has 5 heteroatoms. The van der Waals surface area contributed by atoms with E-state index in [1.54, 1.807) is 0 Å². The Morgan fingerprint density at radius 1 is 0.815 bits per heavy atom. The summed E-state index contributed by atoms with van der Waals surface area (Å²) in [6.07, 6.45) is 17.6. The van der Waals surface area contributed by atoms with Crippen molar-refractivity contribution >= 4 is 5.97 Å². The van der Waals surface area contributed by atoms with Crippen molar-refractivity contribution in [3.05, 3.63) is 21.9 Å². The molecule has 0 radical (unpaired) electrons. The molecule has 0 aliphatic heterocycles. The molecule has 5 nitrogen and oxygen atoms in total. The van der Waals surface area contributed by atoms with Gasteiger partial charge in [-0.3, -0.25) is 14.9 Å². The number of allylic oxidation sites excluding steroid dienone is 2. The minimum Gasteiger partial charge on any atom is -0.466 e. The molecule has 0 spiro atoms. The molecule has 0 amide bonds. The van der Waals surface area contributed by atoms with Crippen molar-refractivity contribution < 1.29 is 14.5 Å². The van der Waals surface area contributed by atoms with Crippen LogP contribution < -0.4 is 0 Å². The summed E-state index contributed by atoms with van der Waals surface area (Å²) in [5.74, 6) is -0.0864. The largest absolute Gasteiger partial charge is 0.466 e. The van der Waals surface area contributed by atoms with Crippen LogP contribution in [0.2, 0.25) is 0 Å². The van der Waals surface area contributed by atoms with Gasteiger partial charge in [0, 0.05) is 12.8 Å². The summed E-state index contributed by atoms with van der Waals surface area (Å²) in [6, 6.07) is 0. The third-order valence-electron chi connectivity index (χ3n) is 4.75. The molecular weight excluding hydrogens is 342 g/mol. The fraction of sp³-hybridized carbons (Fsp3) is 0.864. The Kier molecular flexibility index (Phi) is 18.4. The van der Waals surface area contributed by atoms with E-state index in [0.717, 1.165) is 64.2 Å². The molecule has 0 fully saturated rings. The van der Waals surface area contributed by atoms with Crippen LogP contribution >= 0.6 is 0 Å². The van der Waals surface area contributed by atoms with Crippen molar-refractivity contribution in [1.82, 2.24) is 0 Å². The van der Waals surface area contributed by atoms with E-state index in [1.165, 1.54) is 25.7 Å². The maximum atomic E-state index is 11.5. The number of rotatable bonds is 19. The van der Waals surface area contributed by atoms with Crippen LogP contribution in [0.5, 0.6) is 0 Å². The number of hydrogen-bond acceptors (Lipinski definition) is 4. The van der Waals surface area contributed by atoms with Crippen LogP contribution in [0.1, 0.15) is 117 Å². The smallest absolute Gasteiger partial charge is 0.305 e. The molecule has 0 saturated heterocycles. The molecule has 158 valence electrons. The van der Waals surface area contributed by atoms with Gasteiger partial charge in [-0.05, 0) is 38.2 Å². The second kappa shape index (κ2) is 19.4. The predicted molar refractivity (Wildman–Crippen MR) is 111 cm³/mol. The summed E-state index contributed by atoms with van der Waals surface area (Å²) >= 11 is 0. The van der Waals surface area contributed by atoms with Crippen LogP contribution in [-0.4, -0.2) is 17.5 Å². The molecule has 0 aromatic rings. The highest BCUT2D eigenvalue weighted by atomic mass is 16.6. The monoisotopic (exact) mass is 383 g/mol. The number of esters is 1. The first kappa shape index (κ1) is 25.6. The highest BCUT2D eigenvalue weighted by Gasteiger charge is 2.09. The maximum absolute atomic E-state index is 11.5. The molecule has 0 saturated carbocycles. The Balaban J connectivity index is 3.66. The van der Waals surface area contributed by atoms with E-state index in [9.17, 15) is 14.9 Å². The van der Waals surface area contributed by atoms with Gasteiger partial charge in [-0.15, -0.1) is 0 Å². The van der Waals surface area contributed by atoms with Gasteiger partial charge in [-0.25, -0.2) is 0 Å². The molecular formula is C22H41NO4. The molecule has 0 aliphatic rings. The zero-order valence-electron chi connectivity index (χ0n) is 17.7. The highest BCUT2D eigenvalue weighted by molar-refractivity contribution is 5.69. The van der Waals surface area contributed by atoms with Crippen LogP contribution in [0.4, 0.5) is 0 Å². The molecule has 0 N–H and O–H groups in total. The quantitative estimate of drug-likeness (QED) is 0.104. The van der Waals surface area contributed by atoms with Gasteiger partial charge in [0.05, 0.1) is 11.5 Å². The molecule has 0 bridgehead atoms. The van der Waals surface area contributed by atoms with Gasteiger partial charge in [-0.1, -0.05) is 71.6 Å². The standard InChI is InChI=1S/C22H41NO4/c1-3-5-7-8-11-14-17-21(23(25)26)18-15-12-9-10-13-16-19-22(24)27-20-6-4-2/h18H,3-17,19-20H2,1-2H3/b21-18+. The van der Waals surface area contributed by atoms with E-state index in [0.29, 0.717) is 25.1 Å². The third kappa shape index (κ3) is 17.8.